The van der Waals surface area contributed by atoms with Crippen molar-refractivity contribution in [3.8, 4) is 0 Å². The lowest BCUT2D eigenvalue weighted by Gasteiger charge is -2.10. The summed E-state index contributed by atoms with van der Waals surface area (Å²) in [7, 11) is 1.77. The highest BCUT2D eigenvalue weighted by atomic mass is 16.4. The molecule has 1 heterocycles. The number of nitrogens with one attached hydrogen (secondary N) is 1. The van der Waals surface area contributed by atoms with Gasteiger partial charge in [0.05, 0.1) is 5.92 Å². The van der Waals surface area contributed by atoms with Gasteiger partial charge in [-0.25, -0.2) is 0 Å². The molecule has 6 nitrogen and oxygen atoms in total. The van der Waals surface area contributed by atoms with Crippen LogP contribution >= 0.6 is 0 Å². The number of aromatic nitrogens is 2. The van der Waals surface area contributed by atoms with E-state index >= 15 is 0 Å². The number of aryl methyl sites for hydroxylation is 2. The zero-order valence-corrected chi connectivity index (χ0v) is 10.3. The van der Waals surface area contributed by atoms with Crippen LogP contribution in [0, 0.1) is 12.8 Å². The monoisotopic (exact) mass is 249 g/mol. The molecule has 0 bridgehead atoms. The summed E-state index contributed by atoms with van der Waals surface area (Å²) < 4.78 is 1.62. The molecule has 1 aromatic rings. The summed E-state index contributed by atoms with van der Waals surface area (Å²) in [6, 6.07) is 1.46. The molecule has 2 unspecified atom stereocenters. The van der Waals surface area contributed by atoms with E-state index in [4.69, 9.17) is 5.11 Å². The lowest BCUT2D eigenvalue weighted by atomic mass is 10.1. The number of hydrogen-bond acceptors (Lipinski definition) is 3. The second kappa shape index (κ2) is 4.64. The zero-order chi connectivity index (χ0) is 13.3. The lowest BCUT2D eigenvalue weighted by Crippen LogP contribution is -2.33. The summed E-state index contributed by atoms with van der Waals surface area (Å²) in [6.45, 7) is 1.86. The first-order valence-electron chi connectivity index (χ1n) is 5.70. The van der Waals surface area contributed by atoms with Crippen LogP contribution in [0.4, 0.5) is 0 Å². The molecule has 1 aliphatic carbocycles. The molecule has 2 rings (SSSR count). The van der Waals surface area contributed by atoms with Gasteiger partial charge in [-0.3, -0.25) is 14.3 Å². The second-order valence-corrected chi connectivity index (χ2v) is 4.44. The molecule has 1 aliphatic rings. The summed E-state index contributed by atoms with van der Waals surface area (Å²) in [4.78, 5) is 22.6. The second-order valence-electron chi connectivity index (χ2n) is 4.44. The Hall–Kier alpha value is -2.11. The largest absolute Gasteiger partial charge is 0.481 e. The van der Waals surface area contributed by atoms with Gasteiger partial charge in [0.1, 0.15) is 5.69 Å². The van der Waals surface area contributed by atoms with Crippen molar-refractivity contribution in [1.82, 2.24) is 15.1 Å². The van der Waals surface area contributed by atoms with Crippen molar-refractivity contribution in [2.24, 2.45) is 13.0 Å². The van der Waals surface area contributed by atoms with Gasteiger partial charge < -0.3 is 10.4 Å². The minimum atomic E-state index is -0.864. The minimum Gasteiger partial charge on any atom is -0.481 e. The van der Waals surface area contributed by atoms with E-state index in [0.29, 0.717) is 12.1 Å². The van der Waals surface area contributed by atoms with E-state index in [2.05, 4.69) is 10.4 Å². The third kappa shape index (κ3) is 2.42. The number of rotatable bonds is 3. The standard InChI is InChI=1S/C12H15N3O3/c1-7-5-10(14-15(7)2)11(16)13-9-4-3-8(6-9)12(17)18/h3-5,8-9H,6H2,1-2H3,(H,13,16)(H,17,18). The van der Waals surface area contributed by atoms with Crippen LogP contribution in [-0.2, 0) is 11.8 Å². The minimum absolute atomic E-state index is 0.235. The van der Waals surface area contributed by atoms with Crippen molar-refractivity contribution in [3.63, 3.8) is 0 Å². The third-order valence-electron chi connectivity index (χ3n) is 3.06. The SMILES string of the molecule is Cc1cc(C(=O)NC2C=CC(C(=O)O)C2)nn1C. The maximum absolute atomic E-state index is 11.9. The fourth-order valence-electron chi connectivity index (χ4n) is 1.90. The van der Waals surface area contributed by atoms with Crippen LogP contribution in [0.1, 0.15) is 22.6 Å². The average Bonchev–Trinajstić information content (AvgIpc) is 2.87. The van der Waals surface area contributed by atoms with Gasteiger partial charge in [-0.1, -0.05) is 12.2 Å². The van der Waals surface area contributed by atoms with Gasteiger partial charge in [-0.2, -0.15) is 5.10 Å². The molecule has 2 N–H and O–H groups in total. The van der Waals surface area contributed by atoms with E-state index in [-0.39, 0.29) is 11.9 Å². The Morgan fingerprint density at radius 1 is 1.50 bits per heavy atom. The summed E-state index contributed by atoms with van der Waals surface area (Å²) in [6.07, 6.45) is 3.72. The van der Waals surface area contributed by atoms with Gasteiger partial charge in [0, 0.05) is 18.8 Å². The highest BCUT2D eigenvalue weighted by Crippen LogP contribution is 2.18. The van der Waals surface area contributed by atoms with E-state index in [1.54, 1.807) is 29.9 Å². The Morgan fingerprint density at radius 2 is 2.22 bits per heavy atom. The molecule has 0 saturated carbocycles. The van der Waals surface area contributed by atoms with Crippen molar-refractivity contribution in [1.29, 1.82) is 0 Å². The normalized spacial score (nSPS) is 22.1. The number of carboxylic acids is 1. The van der Waals surface area contributed by atoms with Gasteiger partial charge in [-0.15, -0.1) is 0 Å². The number of carboxylic acid groups (broad SMARTS) is 1. The summed E-state index contributed by atoms with van der Waals surface area (Å²) >= 11 is 0. The number of amides is 1. The molecule has 18 heavy (non-hydrogen) atoms. The van der Waals surface area contributed by atoms with E-state index in [1.165, 1.54) is 0 Å². The third-order valence-corrected chi connectivity index (χ3v) is 3.06. The first-order valence-corrected chi connectivity index (χ1v) is 5.70. The van der Waals surface area contributed by atoms with E-state index in [1.807, 2.05) is 6.92 Å². The van der Waals surface area contributed by atoms with Crippen LogP contribution < -0.4 is 5.32 Å². The number of nitrogens with zero attached hydrogens (tertiary/aromatic N) is 2. The molecular weight excluding hydrogens is 234 g/mol. The van der Waals surface area contributed by atoms with Crippen molar-refractivity contribution in [2.75, 3.05) is 0 Å². The van der Waals surface area contributed by atoms with Gasteiger partial charge in [0.2, 0.25) is 0 Å². The first kappa shape index (κ1) is 12.3. The van der Waals surface area contributed by atoms with Crippen molar-refractivity contribution in [2.45, 2.75) is 19.4 Å². The molecule has 0 spiro atoms. The highest BCUT2D eigenvalue weighted by molar-refractivity contribution is 5.92. The highest BCUT2D eigenvalue weighted by Gasteiger charge is 2.26. The first-order chi connectivity index (χ1) is 8.47. The number of carbonyl (C=O) groups excluding carboxylic acids is 1. The Balaban J connectivity index is 1.97. The summed E-state index contributed by atoms with van der Waals surface area (Å²) in [5.41, 5.74) is 1.24. The number of aliphatic carboxylic acids is 1. The van der Waals surface area contributed by atoms with Crippen molar-refractivity contribution >= 4 is 11.9 Å². The molecule has 0 fully saturated rings. The van der Waals surface area contributed by atoms with Crippen LogP contribution in [0.2, 0.25) is 0 Å². The molecule has 2 atom stereocenters. The van der Waals surface area contributed by atoms with Gasteiger partial charge in [-0.05, 0) is 19.4 Å². The maximum atomic E-state index is 11.9. The predicted octanol–water partition coefficient (Wildman–Crippen LogP) is 0.488. The average molecular weight is 249 g/mol. The molecule has 6 heteroatoms. The van der Waals surface area contributed by atoms with Crippen LogP contribution in [0.15, 0.2) is 18.2 Å². The Kier molecular flexibility index (Phi) is 3.18. The van der Waals surface area contributed by atoms with Crippen LogP contribution in [0.3, 0.4) is 0 Å². The molecule has 1 aromatic heterocycles. The zero-order valence-electron chi connectivity index (χ0n) is 10.3. The molecule has 0 saturated heterocycles. The number of carbonyl (C=O) groups is 2. The fourth-order valence-corrected chi connectivity index (χ4v) is 1.90. The Bertz CT molecular complexity index is 499. The van der Waals surface area contributed by atoms with Crippen LogP contribution in [-0.4, -0.2) is 32.8 Å². The van der Waals surface area contributed by atoms with Gasteiger partial charge in [0.15, 0.2) is 0 Å². The maximum Gasteiger partial charge on any atom is 0.310 e. The van der Waals surface area contributed by atoms with E-state index < -0.39 is 11.9 Å². The topological polar surface area (TPSA) is 84.2 Å². The van der Waals surface area contributed by atoms with E-state index in [0.717, 1.165) is 5.69 Å². The smallest absolute Gasteiger partial charge is 0.310 e. The summed E-state index contributed by atoms with van der Waals surface area (Å²) in [5, 5.41) is 15.7. The predicted molar refractivity (Wildman–Crippen MR) is 64.1 cm³/mol. The Morgan fingerprint density at radius 3 is 2.72 bits per heavy atom. The Labute approximate surface area is 104 Å². The molecule has 1 amide bonds. The van der Waals surface area contributed by atoms with E-state index in [9.17, 15) is 9.59 Å². The summed E-state index contributed by atoms with van der Waals surface area (Å²) in [5.74, 6) is -1.66. The fraction of sp³-hybridized carbons (Fsp3) is 0.417. The number of hydrogen-bond donors (Lipinski definition) is 2. The quantitative estimate of drug-likeness (QED) is 0.763. The molecular formula is C12H15N3O3. The van der Waals surface area contributed by atoms with Crippen molar-refractivity contribution < 1.29 is 14.7 Å². The lowest BCUT2D eigenvalue weighted by molar-refractivity contribution is -0.140. The van der Waals surface area contributed by atoms with Crippen molar-refractivity contribution in [3.05, 3.63) is 29.6 Å². The molecule has 0 aliphatic heterocycles. The molecule has 96 valence electrons. The molecule has 0 radical (unpaired) electrons. The van der Waals surface area contributed by atoms with Crippen LogP contribution in [0.25, 0.3) is 0 Å². The molecule has 0 aromatic carbocycles. The van der Waals surface area contributed by atoms with Crippen LogP contribution in [0.5, 0.6) is 0 Å². The van der Waals surface area contributed by atoms with Gasteiger partial charge >= 0.3 is 5.97 Å². The van der Waals surface area contributed by atoms with Gasteiger partial charge in [0.25, 0.3) is 5.91 Å².